The second-order valence-corrected chi connectivity index (χ2v) is 5.12. The maximum Gasteiger partial charge on any atom is 0.257 e. The largest absolute Gasteiger partial charge is 0.334 e. The molecule has 3 nitrogen and oxygen atoms in total. The van der Waals surface area contributed by atoms with E-state index in [-0.39, 0.29) is 5.41 Å². The zero-order valence-electron chi connectivity index (χ0n) is 9.90. The maximum atomic E-state index is 5.24. The number of benzene rings is 1. The molecule has 0 aliphatic heterocycles. The van der Waals surface area contributed by atoms with Crippen molar-refractivity contribution in [2.24, 2.45) is 5.41 Å². The van der Waals surface area contributed by atoms with Gasteiger partial charge in [-0.05, 0) is 17.5 Å². The van der Waals surface area contributed by atoms with Crippen LogP contribution in [0.1, 0.15) is 26.6 Å². The summed E-state index contributed by atoms with van der Waals surface area (Å²) in [5.41, 5.74) is 1.15. The molecule has 0 saturated carbocycles. The molecule has 0 fully saturated rings. The van der Waals surface area contributed by atoms with E-state index in [2.05, 4.69) is 30.9 Å². The van der Waals surface area contributed by atoms with E-state index in [1.807, 2.05) is 30.3 Å². The van der Waals surface area contributed by atoms with Gasteiger partial charge in [-0.3, -0.25) is 0 Å². The van der Waals surface area contributed by atoms with Crippen LogP contribution in [0.3, 0.4) is 0 Å². The lowest BCUT2D eigenvalue weighted by Crippen LogP contribution is -2.10. The van der Waals surface area contributed by atoms with E-state index in [1.165, 1.54) is 0 Å². The summed E-state index contributed by atoms with van der Waals surface area (Å²) < 4.78 is 5.24. The van der Waals surface area contributed by atoms with Gasteiger partial charge in [0.05, 0.1) is 0 Å². The van der Waals surface area contributed by atoms with E-state index in [4.69, 9.17) is 4.52 Å². The van der Waals surface area contributed by atoms with Crippen LogP contribution in [0.2, 0.25) is 0 Å². The molecule has 3 heteroatoms. The molecule has 2 rings (SSSR count). The fourth-order valence-corrected chi connectivity index (χ4v) is 1.50. The Morgan fingerprint density at radius 3 is 2.44 bits per heavy atom. The second kappa shape index (κ2) is 4.08. The monoisotopic (exact) mass is 216 g/mol. The molecule has 1 heterocycles. The van der Waals surface area contributed by atoms with Crippen molar-refractivity contribution in [1.82, 2.24) is 10.1 Å². The summed E-state index contributed by atoms with van der Waals surface area (Å²) in [6.45, 7) is 6.47. The lowest BCUT2D eigenvalue weighted by Gasteiger charge is -2.14. The molecule has 0 bridgehead atoms. The molecule has 84 valence electrons. The molecule has 0 spiro atoms. The third-order valence-electron chi connectivity index (χ3n) is 2.18. The van der Waals surface area contributed by atoms with Crippen LogP contribution >= 0.6 is 0 Å². The van der Waals surface area contributed by atoms with E-state index in [1.54, 1.807) is 0 Å². The molecular weight excluding hydrogens is 200 g/mol. The first-order chi connectivity index (χ1) is 7.54. The molecule has 16 heavy (non-hydrogen) atoms. The number of hydrogen-bond donors (Lipinski definition) is 0. The molecule has 0 aliphatic carbocycles. The van der Waals surface area contributed by atoms with Crippen molar-refractivity contribution in [2.75, 3.05) is 0 Å². The van der Waals surface area contributed by atoms with Crippen LogP contribution in [-0.4, -0.2) is 10.1 Å². The summed E-state index contributed by atoms with van der Waals surface area (Å²) in [6.07, 6.45) is 0.823. The predicted molar refractivity (Wildman–Crippen MR) is 62.9 cm³/mol. The van der Waals surface area contributed by atoms with E-state index in [0.717, 1.165) is 17.8 Å². The Hall–Kier alpha value is -1.64. The van der Waals surface area contributed by atoms with Gasteiger partial charge in [-0.15, -0.1) is 0 Å². The number of nitrogens with zero attached hydrogens (tertiary/aromatic N) is 2. The summed E-state index contributed by atoms with van der Waals surface area (Å²) >= 11 is 0. The lowest BCUT2D eigenvalue weighted by atomic mass is 9.92. The van der Waals surface area contributed by atoms with Crippen LogP contribution in [-0.2, 0) is 6.42 Å². The molecule has 0 atom stereocenters. The Morgan fingerprint density at radius 1 is 1.12 bits per heavy atom. The van der Waals surface area contributed by atoms with Crippen molar-refractivity contribution >= 4 is 0 Å². The summed E-state index contributed by atoms with van der Waals surface area (Å²) in [5.74, 6) is 1.37. The third-order valence-corrected chi connectivity index (χ3v) is 2.18. The second-order valence-electron chi connectivity index (χ2n) is 5.12. The molecule has 0 aliphatic rings. The van der Waals surface area contributed by atoms with Crippen LogP contribution in [0, 0.1) is 5.41 Å². The fourth-order valence-electron chi connectivity index (χ4n) is 1.50. The minimum atomic E-state index is 0.178. The molecule has 0 radical (unpaired) electrons. The Kier molecular flexibility index (Phi) is 2.77. The van der Waals surface area contributed by atoms with Gasteiger partial charge < -0.3 is 4.52 Å². The minimum absolute atomic E-state index is 0.178. The summed E-state index contributed by atoms with van der Waals surface area (Å²) in [6, 6.07) is 9.82. The number of hydrogen-bond acceptors (Lipinski definition) is 3. The highest BCUT2D eigenvalue weighted by molar-refractivity contribution is 5.51. The normalized spacial score (nSPS) is 11.7. The zero-order chi connectivity index (χ0) is 11.6. The molecule has 0 saturated heterocycles. The van der Waals surface area contributed by atoms with Gasteiger partial charge in [0.1, 0.15) is 0 Å². The van der Waals surface area contributed by atoms with Crippen molar-refractivity contribution < 1.29 is 4.52 Å². The lowest BCUT2D eigenvalue weighted by molar-refractivity contribution is 0.374. The standard InChI is InChI=1S/C13H16N2O/c1-13(2,3)9-11-14-12(16-15-11)10-7-5-4-6-8-10/h4-8H,9H2,1-3H3. The zero-order valence-corrected chi connectivity index (χ0v) is 9.90. The van der Waals surface area contributed by atoms with Crippen LogP contribution in [0.15, 0.2) is 34.9 Å². The summed E-state index contributed by atoms with van der Waals surface area (Å²) in [7, 11) is 0. The van der Waals surface area contributed by atoms with Gasteiger partial charge >= 0.3 is 0 Å². The first-order valence-electron chi connectivity index (χ1n) is 5.43. The van der Waals surface area contributed by atoms with Crippen LogP contribution < -0.4 is 0 Å². The van der Waals surface area contributed by atoms with Crippen LogP contribution in [0.5, 0.6) is 0 Å². The predicted octanol–water partition coefficient (Wildman–Crippen LogP) is 3.33. The highest BCUT2D eigenvalue weighted by Gasteiger charge is 2.16. The number of aromatic nitrogens is 2. The molecule has 0 unspecified atom stereocenters. The van der Waals surface area contributed by atoms with E-state index in [0.29, 0.717) is 5.89 Å². The smallest absolute Gasteiger partial charge is 0.257 e. The van der Waals surface area contributed by atoms with Gasteiger partial charge in [0, 0.05) is 12.0 Å². The molecule has 1 aromatic carbocycles. The van der Waals surface area contributed by atoms with Gasteiger partial charge in [0.15, 0.2) is 5.82 Å². The van der Waals surface area contributed by atoms with Gasteiger partial charge in [-0.2, -0.15) is 4.98 Å². The average Bonchev–Trinajstić information content (AvgIpc) is 2.65. The molecule has 1 aromatic heterocycles. The first-order valence-corrected chi connectivity index (χ1v) is 5.43. The van der Waals surface area contributed by atoms with Crippen molar-refractivity contribution in [2.45, 2.75) is 27.2 Å². The Balaban J connectivity index is 2.21. The number of rotatable bonds is 2. The molecular formula is C13H16N2O. The van der Waals surface area contributed by atoms with Crippen molar-refractivity contribution in [3.8, 4) is 11.5 Å². The van der Waals surface area contributed by atoms with E-state index in [9.17, 15) is 0 Å². The van der Waals surface area contributed by atoms with Crippen molar-refractivity contribution in [1.29, 1.82) is 0 Å². The fraction of sp³-hybridized carbons (Fsp3) is 0.385. The summed E-state index contributed by atoms with van der Waals surface area (Å²) in [4.78, 5) is 4.39. The van der Waals surface area contributed by atoms with Crippen molar-refractivity contribution in [3.63, 3.8) is 0 Å². The SMILES string of the molecule is CC(C)(C)Cc1noc(-c2ccccc2)n1. The maximum absolute atomic E-state index is 5.24. The molecule has 2 aromatic rings. The Morgan fingerprint density at radius 2 is 1.81 bits per heavy atom. The van der Waals surface area contributed by atoms with Gasteiger partial charge in [-0.1, -0.05) is 44.1 Å². The van der Waals surface area contributed by atoms with Gasteiger partial charge in [0.25, 0.3) is 5.89 Å². The van der Waals surface area contributed by atoms with Gasteiger partial charge in [0.2, 0.25) is 0 Å². The van der Waals surface area contributed by atoms with Crippen LogP contribution in [0.25, 0.3) is 11.5 Å². The topological polar surface area (TPSA) is 38.9 Å². The molecule has 0 amide bonds. The third kappa shape index (κ3) is 2.69. The highest BCUT2D eigenvalue weighted by Crippen LogP contribution is 2.21. The highest BCUT2D eigenvalue weighted by atomic mass is 16.5. The first kappa shape index (κ1) is 10.9. The molecule has 0 N–H and O–H groups in total. The van der Waals surface area contributed by atoms with E-state index >= 15 is 0 Å². The summed E-state index contributed by atoms with van der Waals surface area (Å²) in [5, 5.41) is 3.99. The van der Waals surface area contributed by atoms with Gasteiger partial charge in [-0.25, -0.2) is 0 Å². The Labute approximate surface area is 95.5 Å². The van der Waals surface area contributed by atoms with Crippen molar-refractivity contribution in [3.05, 3.63) is 36.2 Å². The van der Waals surface area contributed by atoms with E-state index < -0.39 is 0 Å². The minimum Gasteiger partial charge on any atom is -0.334 e. The average molecular weight is 216 g/mol. The Bertz CT molecular complexity index is 454. The quantitative estimate of drug-likeness (QED) is 0.773. The van der Waals surface area contributed by atoms with Crippen LogP contribution in [0.4, 0.5) is 0 Å².